The molecule has 0 bridgehead atoms. The van der Waals surface area contributed by atoms with Gasteiger partial charge in [0.2, 0.25) is 10.0 Å². The molecule has 0 amide bonds. The normalized spacial score (nSPS) is 11.7. The number of nitrogens with one attached hydrogen (secondary N) is 2. The molecule has 0 aliphatic heterocycles. The molecule has 23 heavy (non-hydrogen) atoms. The van der Waals surface area contributed by atoms with E-state index in [0.29, 0.717) is 10.9 Å². The lowest BCUT2D eigenvalue weighted by Crippen LogP contribution is -2.23. The summed E-state index contributed by atoms with van der Waals surface area (Å²) in [7, 11) is -3.84. The van der Waals surface area contributed by atoms with Crippen molar-refractivity contribution in [1.82, 2.24) is 9.71 Å². The van der Waals surface area contributed by atoms with Crippen molar-refractivity contribution in [2.75, 3.05) is 0 Å². The van der Waals surface area contributed by atoms with Crippen LogP contribution >= 0.6 is 0 Å². The van der Waals surface area contributed by atoms with E-state index in [4.69, 9.17) is 5.11 Å². The number of aromatic amines is 1. The van der Waals surface area contributed by atoms with Crippen molar-refractivity contribution in [3.05, 3.63) is 65.9 Å². The monoisotopic (exact) mass is 330 g/mol. The standard InChI is InChI=1S/C16H14N2O4S/c19-16(20)12-8-14-13(6-7-17-14)15(9-12)23(21,22)18-10-11-4-2-1-3-5-11/h1-9,17-18H,10H2,(H,19,20). The lowest BCUT2D eigenvalue weighted by atomic mass is 10.1. The molecule has 118 valence electrons. The lowest BCUT2D eigenvalue weighted by Gasteiger charge is -2.09. The van der Waals surface area contributed by atoms with Crippen molar-refractivity contribution >= 4 is 26.9 Å². The van der Waals surface area contributed by atoms with Crippen LogP contribution in [0, 0.1) is 0 Å². The Labute approximate surface area is 132 Å². The minimum absolute atomic E-state index is 0.0513. The van der Waals surface area contributed by atoms with E-state index in [1.807, 2.05) is 30.3 Å². The maximum absolute atomic E-state index is 12.6. The Hall–Kier alpha value is -2.64. The average molecular weight is 330 g/mol. The van der Waals surface area contributed by atoms with Crippen LogP contribution in [0.4, 0.5) is 0 Å². The van der Waals surface area contributed by atoms with E-state index in [9.17, 15) is 13.2 Å². The van der Waals surface area contributed by atoms with Crippen molar-refractivity contribution in [1.29, 1.82) is 0 Å². The number of carbonyl (C=O) groups is 1. The van der Waals surface area contributed by atoms with E-state index < -0.39 is 16.0 Å². The predicted octanol–water partition coefficient (Wildman–Crippen LogP) is 2.34. The zero-order valence-corrected chi connectivity index (χ0v) is 12.8. The molecule has 6 nitrogen and oxygen atoms in total. The van der Waals surface area contributed by atoms with Gasteiger partial charge < -0.3 is 10.1 Å². The van der Waals surface area contributed by atoms with Gasteiger partial charge in [0.25, 0.3) is 0 Å². The second-order valence-electron chi connectivity index (χ2n) is 5.03. The number of aromatic nitrogens is 1. The van der Waals surface area contributed by atoms with E-state index >= 15 is 0 Å². The highest BCUT2D eigenvalue weighted by Gasteiger charge is 2.20. The zero-order chi connectivity index (χ0) is 16.4. The molecule has 1 aromatic heterocycles. The minimum atomic E-state index is -3.84. The molecule has 0 atom stereocenters. The Morgan fingerprint density at radius 3 is 2.57 bits per heavy atom. The van der Waals surface area contributed by atoms with E-state index in [1.165, 1.54) is 12.1 Å². The van der Waals surface area contributed by atoms with Gasteiger partial charge in [-0.2, -0.15) is 0 Å². The zero-order valence-electron chi connectivity index (χ0n) is 12.0. The summed E-state index contributed by atoms with van der Waals surface area (Å²) in [5, 5.41) is 9.60. The number of carboxylic acids is 1. The van der Waals surface area contributed by atoms with Crippen LogP contribution in [-0.2, 0) is 16.6 Å². The fraction of sp³-hybridized carbons (Fsp3) is 0.0625. The topological polar surface area (TPSA) is 99.3 Å². The molecule has 0 unspecified atom stereocenters. The van der Waals surface area contributed by atoms with Crippen LogP contribution in [0.2, 0.25) is 0 Å². The van der Waals surface area contributed by atoms with Crippen molar-refractivity contribution in [2.45, 2.75) is 11.4 Å². The highest BCUT2D eigenvalue weighted by Crippen LogP contribution is 2.24. The van der Waals surface area contributed by atoms with E-state index in [2.05, 4.69) is 9.71 Å². The summed E-state index contributed by atoms with van der Waals surface area (Å²) < 4.78 is 27.7. The third kappa shape index (κ3) is 3.10. The molecule has 1 heterocycles. The molecular formula is C16H14N2O4S. The Morgan fingerprint density at radius 1 is 1.13 bits per heavy atom. The number of H-pyrrole nitrogens is 1. The third-order valence-corrected chi connectivity index (χ3v) is 4.92. The fourth-order valence-corrected chi connectivity index (χ4v) is 3.59. The first-order valence-electron chi connectivity index (χ1n) is 6.85. The SMILES string of the molecule is O=C(O)c1cc(S(=O)(=O)NCc2ccccc2)c2cc[nH]c2c1. The molecule has 7 heteroatoms. The van der Waals surface area contributed by atoms with Gasteiger partial charge in [-0.3, -0.25) is 0 Å². The first kappa shape index (κ1) is 15.3. The quantitative estimate of drug-likeness (QED) is 0.668. The number of carboxylic acid groups (broad SMARTS) is 1. The Morgan fingerprint density at radius 2 is 1.87 bits per heavy atom. The van der Waals surface area contributed by atoms with Gasteiger partial charge in [0, 0.05) is 23.6 Å². The number of aromatic carboxylic acids is 1. The first-order chi connectivity index (χ1) is 11.0. The summed E-state index contributed by atoms with van der Waals surface area (Å²) in [6, 6.07) is 13.3. The van der Waals surface area contributed by atoms with Gasteiger partial charge in [-0.1, -0.05) is 30.3 Å². The van der Waals surface area contributed by atoms with Gasteiger partial charge in [-0.05, 0) is 23.8 Å². The van der Waals surface area contributed by atoms with Gasteiger partial charge in [0.05, 0.1) is 10.5 Å². The average Bonchev–Trinajstić information content (AvgIpc) is 3.01. The minimum Gasteiger partial charge on any atom is -0.478 e. The summed E-state index contributed by atoms with van der Waals surface area (Å²) in [5.74, 6) is -1.18. The highest BCUT2D eigenvalue weighted by molar-refractivity contribution is 7.89. The maximum atomic E-state index is 12.6. The maximum Gasteiger partial charge on any atom is 0.335 e. The van der Waals surface area contributed by atoms with Crippen LogP contribution in [0.5, 0.6) is 0 Å². The van der Waals surface area contributed by atoms with Gasteiger partial charge in [0.1, 0.15) is 0 Å². The van der Waals surface area contributed by atoms with Crippen LogP contribution in [0.15, 0.2) is 59.6 Å². The van der Waals surface area contributed by atoms with Gasteiger partial charge in [-0.15, -0.1) is 0 Å². The summed E-state index contributed by atoms with van der Waals surface area (Å²) in [6.07, 6.45) is 1.58. The smallest absolute Gasteiger partial charge is 0.335 e. The van der Waals surface area contributed by atoms with E-state index in [1.54, 1.807) is 12.3 Å². The lowest BCUT2D eigenvalue weighted by molar-refractivity contribution is 0.0697. The summed E-state index contributed by atoms with van der Waals surface area (Å²) in [4.78, 5) is 14.0. The van der Waals surface area contributed by atoms with Crippen molar-refractivity contribution in [3.63, 3.8) is 0 Å². The van der Waals surface area contributed by atoms with Crippen LogP contribution in [0.25, 0.3) is 10.9 Å². The number of hydrogen-bond donors (Lipinski definition) is 3. The number of rotatable bonds is 5. The van der Waals surface area contributed by atoms with Gasteiger partial charge in [-0.25, -0.2) is 17.9 Å². The number of sulfonamides is 1. The summed E-state index contributed by atoms with van der Waals surface area (Å²) >= 11 is 0. The predicted molar refractivity (Wildman–Crippen MR) is 85.7 cm³/mol. The molecule has 0 saturated carbocycles. The largest absolute Gasteiger partial charge is 0.478 e. The van der Waals surface area contributed by atoms with Crippen LogP contribution < -0.4 is 4.72 Å². The fourth-order valence-electron chi connectivity index (χ4n) is 2.33. The molecule has 0 saturated heterocycles. The van der Waals surface area contributed by atoms with Gasteiger partial charge in [0.15, 0.2) is 0 Å². The van der Waals surface area contributed by atoms with Crippen molar-refractivity contribution in [2.24, 2.45) is 0 Å². The Balaban J connectivity index is 2.00. The number of hydrogen-bond acceptors (Lipinski definition) is 3. The van der Waals surface area contributed by atoms with Crippen LogP contribution in [-0.4, -0.2) is 24.5 Å². The second-order valence-corrected chi connectivity index (χ2v) is 6.76. The first-order valence-corrected chi connectivity index (χ1v) is 8.34. The number of benzene rings is 2. The van der Waals surface area contributed by atoms with E-state index in [0.717, 1.165) is 5.56 Å². The Bertz CT molecular complexity index is 962. The summed E-state index contributed by atoms with van der Waals surface area (Å²) in [5.41, 5.74) is 1.20. The van der Waals surface area contributed by atoms with Gasteiger partial charge >= 0.3 is 5.97 Å². The molecular weight excluding hydrogens is 316 g/mol. The summed E-state index contributed by atoms with van der Waals surface area (Å²) in [6.45, 7) is 0.131. The Kier molecular flexibility index (Phi) is 3.89. The molecule has 3 rings (SSSR count). The third-order valence-electron chi connectivity index (χ3n) is 3.48. The molecule has 0 radical (unpaired) electrons. The van der Waals surface area contributed by atoms with E-state index in [-0.39, 0.29) is 17.0 Å². The molecule has 0 aliphatic rings. The molecule has 3 aromatic rings. The van der Waals surface area contributed by atoms with Crippen molar-refractivity contribution < 1.29 is 18.3 Å². The molecule has 0 fully saturated rings. The molecule has 0 aliphatic carbocycles. The molecule has 2 aromatic carbocycles. The van der Waals surface area contributed by atoms with Crippen molar-refractivity contribution in [3.8, 4) is 0 Å². The number of fused-ring (bicyclic) bond motifs is 1. The highest BCUT2D eigenvalue weighted by atomic mass is 32.2. The van der Waals surface area contributed by atoms with Crippen LogP contribution in [0.3, 0.4) is 0 Å². The molecule has 0 spiro atoms. The second kappa shape index (κ2) is 5.86. The molecule has 3 N–H and O–H groups in total. The van der Waals surface area contributed by atoms with Crippen LogP contribution in [0.1, 0.15) is 15.9 Å².